The van der Waals surface area contributed by atoms with Crippen LogP contribution in [0.4, 0.5) is 0 Å². The highest BCUT2D eigenvalue weighted by Gasteiger charge is 2.50. The van der Waals surface area contributed by atoms with Crippen molar-refractivity contribution >= 4 is 17.5 Å². The van der Waals surface area contributed by atoms with Crippen molar-refractivity contribution < 1.29 is 33.7 Å². The maximum atomic E-state index is 13.7. The Morgan fingerprint density at radius 3 is 2.44 bits per heavy atom. The summed E-state index contributed by atoms with van der Waals surface area (Å²) >= 11 is 0. The van der Waals surface area contributed by atoms with Crippen LogP contribution in [0.2, 0.25) is 0 Å². The van der Waals surface area contributed by atoms with Gasteiger partial charge in [0.1, 0.15) is 17.1 Å². The van der Waals surface area contributed by atoms with Gasteiger partial charge in [-0.25, -0.2) is 0 Å². The number of hydrogen-bond donors (Lipinski definition) is 2. The van der Waals surface area contributed by atoms with Gasteiger partial charge in [0, 0.05) is 18.9 Å². The average Bonchev–Trinajstić information content (AvgIpc) is 3.71. The summed E-state index contributed by atoms with van der Waals surface area (Å²) in [6.45, 7) is 3.47. The minimum absolute atomic E-state index is 0.00732. The highest BCUT2D eigenvalue weighted by atomic mass is 16.6. The molecule has 4 rings (SSSR count). The van der Waals surface area contributed by atoms with Crippen LogP contribution in [0.15, 0.2) is 54.6 Å². The van der Waals surface area contributed by atoms with Gasteiger partial charge in [0.15, 0.2) is 5.78 Å². The molecule has 2 aromatic rings. The van der Waals surface area contributed by atoms with Gasteiger partial charge in [0.05, 0.1) is 52.2 Å². The van der Waals surface area contributed by atoms with E-state index in [-0.39, 0.29) is 43.1 Å². The van der Waals surface area contributed by atoms with Crippen molar-refractivity contribution in [2.24, 2.45) is 5.92 Å². The predicted octanol–water partition coefficient (Wildman–Crippen LogP) is 1.59. The Kier molecular flexibility index (Phi) is 9.85. The van der Waals surface area contributed by atoms with E-state index in [0.717, 1.165) is 11.1 Å². The molecule has 2 fully saturated rings. The molecule has 210 valence electrons. The number of ether oxygens (including phenoxy) is 3. The molecular formula is C30H38N2O7. The molecule has 0 saturated carbocycles. The van der Waals surface area contributed by atoms with E-state index < -0.39 is 17.6 Å². The van der Waals surface area contributed by atoms with E-state index in [4.69, 9.17) is 14.2 Å². The number of benzene rings is 2. The molecular weight excluding hydrogens is 500 g/mol. The fraction of sp³-hybridized carbons (Fsp3) is 0.500. The summed E-state index contributed by atoms with van der Waals surface area (Å²) in [6, 6.07) is 15.9. The number of morpholine rings is 1. The Labute approximate surface area is 229 Å². The van der Waals surface area contributed by atoms with Gasteiger partial charge in [-0.1, -0.05) is 42.5 Å². The Morgan fingerprint density at radius 1 is 1.10 bits per heavy atom. The molecule has 0 spiro atoms. The molecule has 4 unspecified atom stereocenters. The number of ketones is 2. The largest absolute Gasteiger partial charge is 0.497 e. The van der Waals surface area contributed by atoms with Crippen molar-refractivity contribution in [2.75, 3.05) is 46.6 Å². The number of epoxide rings is 1. The number of amides is 1. The number of nitrogens with one attached hydrogen (secondary N) is 1. The second-order valence-corrected chi connectivity index (χ2v) is 10.5. The molecule has 9 heteroatoms. The van der Waals surface area contributed by atoms with Crippen molar-refractivity contribution in [2.45, 2.75) is 43.9 Å². The highest BCUT2D eigenvalue weighted by Crippen LogP contribution is 2.29. The van der Waals surface area contributed by atoms with E-state index >= 15 is 0 Å². The van der Waals surface area contributed by atoms with Gasteiger partial charge in [-0.15, -0.1) is 0 Å². The smallest absolute Gasteiger partial charge is 0.224 e. The molecule has 2 aromatic carbocycles. The van der Waals surface area contributed by atoms with Crippen LogP contribution in [-0.4, -0.2) is 91.8 Å². The van der Waals surface area contributed by atoms with Crippen LogP contribution in [0, 0.1) is 5.92 Å². The van der Waals surface area contributed by atoms with E-state index in [2.05, 4.69) is 5.32 Å². The molecule has 2 aliphatic heterocycles. The summed E-state index contributed by atoms with van der Waals surface area (Å²) < 4.78 is 16.1. The first-order valence-electron chi connectivity index (χ1n) is 13.4. The van der Waals surface area contributed by atoms with Crippen LogP contribution >= 0.6 is 0 Å². The quantitative estimate of drug-likeness (QED) is 0.348. The van der Waals surface area contributed by atoms with Crippen LogP contribution in [0.3, 0.4) is 0 Å². The Balaban J connectivity index is 1.50. The van der Waals surface area contributed by atoms with Crippen LogP contribution < -0.4 is 10.1 Å². The first-order valence-corrected chi connectivity index (χ1v) is 13.4. The molecule has 0 radical (unpaired) electrons. The van der Waals surface area contributed by atoms with Crippen LogP contribution in [0.5, 0.6) is 5.75 Å². The minimum Gasteiger partial charge on any atom is -0.497 e. The maximum Gasteiger partial charge on any atom is 0.224 e. The molecule has 2 saturated heterocycles. The van der Waals surface area contributed by atoms with Crippen molar-refractivity contribution in [3.63, 3.8) is 0 Å². The summed E-state index contributed by atoms with van der Waals surface area (Å²) in [5, 5.41) is 12.6. The van der Waals surface area contributed by atoms with Crippen LogP contribution in [0.25, 0.3) is 0 Å². The summed E-state index contributed by atoms with van der Waals surface area (Å²) in [4.78, 5) is 42.1. The van der Waals surface area contributed by atoms with E-state index in [1.54, 1.807) is 14.0 Å². The molecule has 0 bridgehead atoms. The molecule has 39 heavy (non-hydrogen) atoms. The average molecular weight is 539 g/mol. The molecule has 2 aliphatic rings. The molecule has 0 aliphatic carbocycles. The van der Waals surface area contributed by atoms with Gasteiger partial charge in [0.25, 0.3) is 0 Å². The standard InChI is InChI=1S/C30H38N2O7/c1-30(20-39-30)28(35)27(15-21-6-4-3-5-7-21)31-29(36)23(14-22-8-10-26(37-2)11-9-22)16-25(34)17-32-12-13-38-19-24(32)18-33/h3-11,23-24,27,33H,12-20H2,1-2H3,(H,31,36). The lowest BCUT2D eigenvalue weighted by atomic mass is 9.90. The molecule has 2 N–H and O–H groups in total. The number of nitrogens with zero attached hydrogens (tertiary/aromatic N) is 1. The lowest BCUT2D eigenvalue weighted by Crippen LogP contribution is -2.51. The summed E-state index contributed by atoms with van der Waals surface area (Å²) in [6.07, 6.45) is 0.668. The lowest BCUT2D eigenvalue weighted by Gasteiger charge is -2.34. The summed E-state index contributed by atoms with van der Waals surface area (Å²) in [5.41, 5.74) is 0.904. The van der Waals surface area contributed by atoms with Crippen molar-refractivity contribution in [1.29, 1.82) is 0 Å². The molecule has 1 amide bonds. The van der Waals surface area contributed by atoms with Gasteiger partial charge in [-0.05, 0) is 43.0 Å². The van der Waals surface area contributed by atoms with Crippen molar-refractivity contribution in [1.82, 2.24) is 10.2 Å². The highest BCUT2D eigenvalue weighted by molar-refractivity contribution is 5.97. The summed E-state index contributed by atoms with van der Waals surface area (Å²) in [7, 11) is 1.59. The Bertz CT molecular complexity index is 1120. The van der Waals surface area contributed by atoms with Gasteiger partial charge in [-0.3, -0.25) is 19.3 Å². The zero-order valence-electron chi connectivity index (χ0n) is 22.6. The van der Waals surface area contributed by atoms with E-state index in [0.29, 0.717) is 45.0 Å². The van der Waals surface area contributed by atoms with Crippen molar-refractivity contribution in [3.8, 4) is 5.75 Å². The van der Waals surface area contributed by atoms with Crippen LogP contribution in [0.1, 0.15) is 24.5 Å². The predicted molar refractivity (Wildman–Crippen MR) is 145 cm³/mol. The van der Waals surface area contributed by atoms with Gasteiger partial charge >= 0.3 is 0 Å². The number of methoxy groups -OCH3 is 1. The SMILES string of the molecule is COc1ccc(CC(CC(=O)CN2CCOCC2CO)C(=O)NC(Cc2ccccc2)C(=O)C2(C)CO2)cc1. The molecule has 2 heterocycles. The number of rotatable bonds is 14. The third-order valence-corrected chi connectivity index (χ3v) is 7.44. The third kappa shape index (κ3) is 7.95. The lowest BCUT2D eigenvalue weighted by molar-refractivity contribution is -0.134. The normalized spacial score (nSPS) is 22.5. The third-order valence-electron chi connectivity index (χ3n) is 7.44. The number of carbonyl (C=O) groups excluding carboxylic acids is 3. The molecule has 4 atom stereocenters. The molecule has 0 aromatic heterocycles. The zero-order valence-corrected chi connectivity index (χ0v) is 22.6. The van der Waals surface area contributed by atoms with Gasteiger partial charge < -0.3 is 24.6 Å². The van der Waals surface area contributed by atoms with E-state index in [1.807, 2.05) is 59.5 Å². The fourth-order valence-electron chi connectivity index (χ4n) is 4.90. The number of carbonyl (C=O) groups is 3. The Hall–Kier alpha value is -3.11. The first-order chi connectivity index (χ1) is 18.8. The Morgan fingerprint density at radius 2 is 1.79 bits per heavy atom. The number of aliphatic hydroxyl groups is 1. The summed E-state index contributed by atoms with van der Waals surface area (Å²) in [5.74, 6) is -0.609. The van der Waals surface area contributed by atoms with Gasteiger partial charge in [0.2, 0.25) is 5.91 Å². The fourth-order valence-corrected chi connectivity index (χ4v) is 4.90. The van der Waals surface area contributed by atoms with Crippen LogP contribution in [-0.2, 0) is 36.7 Å². The molecule has 9 nitrogen and oxygen atoms in total. The second-order valence-electron chi connectivity index (χ2n) is 10.5. The minimum atomic E-state index is -0.899. The number of Topliss-reactive ketones (excluding diaryl/α,β-unsaturated/α-hetero) is 2. The van der Waals surface area contributed by atoms with E-state index in [9.17, 15) is 19.5 Å². The maximum absolute atomic E-state index is 13.7. The monoisotopic (exact) mass is 538 g/mol. The second kappa shape index (κ2) is 13.3. The number of aliphatic hydroxyl groups excluding tert-OH is 1. The first kappa shape index (κ1) is 28.9. The number of hydrogen-bond acceptors (Lipinski definition) is 8. The van der Waals surface area contributed by atoms with E-state index in [1.165, 1.54) is 0 Å². The van der Waals surface area contributed by atoms with Gasteiger partial charge in [-0.2, -0.15) is 0 Å². The zero-order chi connectivity index (χ0) is 27.8. The topological polar surface area (TPSA) is 118 Å². The van der Waals surface area contributed by atoms with Crippen molar-refractivity contribution in [3.05, 3.63) is 65.7 Å².